The number of benzene rings is 1. The molecule has 0 saturated carbocycles. The second-order valence-electron chi connectivity index (χ2n) is 5.83. The normalized spacial score (nSPS) is 18.8. The van der Waals surface area contributed by atoms with Gasteiger partial charge in [-0.3, -0.25) is 9.69 Å². The SMILES string of the molecule is CN(C)CCN(Cc1ccccc1)C[C@H]1CCC(=O)N1. The predicted molar refractivity (Wildman–Crippen MR) is 81.4 cm³/mol. The molecule has 0 aliphatic carbocycles. The van der Waals surface area contributed by atoms with E-state index in [4.69, 9.17) is 0 Å². The fourth-order valence-corrected chi connectivity index (χ4v) is 2.54. The summed E-state index contributed by atoms with van der Waals surface area (Å²) in [4.78, 5) is 16.0. The summed E-state index contributed by atoms with van der Waals surface area (Å²) in [6, 6.07) is 10.8. The molecule has 2 rings (SSSR count). The van der Waals surface area contributed by atoms with Gasteiger partial charge in [-0.2, -0.15) is 0 Å². The quantitative estimate of drug-likeness (QED) is 0.815. The van der Waals surface area contributed by atoms with E-state index in [9.17, 15) is 4.79 Å². The van der Waals surface area contributed by atoms with Crippen LogP contribution in [-0.4, -0.2) is 55.5 Å². The zero-order valence-electron chi connectivity index (χ0n) is 12.5. The highest BCUT2D eigenvalue weighted by Crippen LogP contribution is 2.11. The molecule has 1 aliphatic heterocycles. The number of carbonyl (C=O) groups is 1. The minimum Gasteiger partial charge on any atom is -0.352 e. The van der Waals surface area contributed by atoms with Gasteiger partial charge >= 0.3 is 0 Å². The van der Waals surface area contributed by atoms with Gasteiger partial charge in [0.05, 0.1) is 0 Å². The summed E-state index contributed by atoms with van der Waals surface area (Å²) in [6.07, 6.45) is 1.64. The summed E-state index contributed by atoms with van der Waals surface area (Å²) in [5, 5.41) is 3.06. The summed E-state index contributed by atoms with van der Waals surface area (Å²) in [6.45, 7) is 3.94. The lowest BCUT2D eigenvalue weighted by Crippen LogP contribution is -2.41. The molecule has 0 spiro atoms. The van der Waals surface area contributed by atoms with E-state index < -0.39 is 0 Å². The summed E-state index contributed by atoms with van der Waals surface area (Å²) in [7, 11) is 4.19. The van der Waals surface area contributed by atoms with Gasteiger partial charge in [0.2, 0.25) is 5.91 Å². The van der Waals surface area contributed by atoms with Crippen LogP contribution in [-0.2, 0) is 11.3 Å². The summed E-state index contributed by atoms with van der Waals surface area (Å²) < 4.78 is 0. The molecule has 1 atom stereocenters. The molecule has 0 radical (unpaired) electrons. The number of nitrogens with one attached hydrogen (secondary N) is 1. The highest BCUT2D eigenvalue weighted by molar-refractivity contribution is 5.78. The molecule has 0 aromatic heterocycles. The van der Waals surface area contributed by atoms with Crippen molar-refractivity contribution in [3.8, 4) is 0 Å². The number of nitrogens with zero attached hydrogens (tertiary/aromatic N) is 2. The smallest absolute Gasteiger partial charge is 0.220 e. The average molecular weight is 275 g/mol. The molecular formula is C16H25N3O. The standard InChI is InChI=1S/C16H25N3O/c1-18(2)10-11-19(12-14-6-4-3-5-7-14)13-15-8-9-16(20)17-15/h3-7,15H,8-13H2,1-2H3,(H,17,20)/t15-/m1/s1. The van der Waals surface area contributed by atoms with Crippen molar-refractivity contribution >= 4 is 5.91 Å². The van der Waals surface area contributed by atoms with Gasteiger partial charge in [0.15, 0.2) is 0 Å². The first-order chi connectivity index (χ1) is 9.63. The molecule has 1 heterocycles. The highest BCUT2D eigenvalue weighted by atomic mass is 16.1. The van der Waals surface area contributed by atoms with Gasteiger partial charge in [-0.15, -0.1) is 0 Å². The zero-order chi connectivity index (χ0) is 14.4. The van der Waals surface area contributed by atoms with Crippen LogP contribution < -0.4 is 5.32 Å². The molecule has 20 heavy (non-hydrogen) atoms. The van der Waals surface area contributed by atoms with Crippen LogP contribution >= 0.6 is 0 Å². The molecule has 1 fully saturated rings. The highest BCUT2D eigenvalue weighted by Gasteiger charge is 2.23. The lowest BCUT2D eigenvalue weighted by atomic mass is 10.1. The Morgan fingerprint density at radius 2 is 1.95 bits per heavy atom. The summed E-state index contributed by atoms with van der Waals surface area (Å²) >= 11 is 0. The Balaban J connectivity index is 1.91. The Kier molecular flexibility index (Phi) is 5.56. The Morgan fingerprint density at radius 1 is 1.20 bits per heavy atom. The van der Waals surface area contributed by atoms with E-state index in [1.165, 1.54) is 5.56 Å². The number of amides is 1. The van der Waals surface area contributed by atoms with E-state index >= 15 is 0 Å². The maximum Gasteiger partial charge on any atom is 0.220 e. The van der Waals surface area contributed by atoms with Gasteiger partial charge in [0.25, 0.3) is 0 Å². The molecule has 4 heteroatoms. The van der Waals surface area contributed by atoms with Crippen molar-refractivity contribution in [2.24, 2.45) is 0 Å². The number of carbonyl (C=O) groups excluding carboxylic acids is 1. The number of likely N-dealkylation sites (N-methyl/N-ethyl adjacent to an activating group) is 1. The first kappa shape index (κ1) is 15.0. The van der Waals surface area contributed by atoms with E-state index in [0.29, 0.717) is 12.5 Å². The molecule has 1 aliphatic rings. The Labute approximate surface area is 121 Å². The molecule has 0 unspecified atom stereocenters. The van der Waals surface area contributed by atoms with Gasteiger partial charge in [-0.1, -0.05) is 30.3 Å². The number of rotatable bonds is 7. The topological polar surface area (TPSA) is 35.6 Å². The Hall–Kier alpha value is -1.39. The minimum atomic E-state index is 0.197. The van der Waals surface area contributed by atoms with Crippen molar-refractivity contribution in [1.82, 2.24) is 15.1 Å². The van der Waals surface area contributed by atoms with Gasteiger partial charge in [-0.25, -0.2) is 0 Å². The van der Waals surface area contributed by atoms with Crippen LogP contribution in [0.4, 0.5) is 0 Å². The van der Waals surface area contributed by atoms with Crippen molar-refractivity contribution in [2.45, 2.75) is 25.4 Å². The van der Waals surface area contributed by atoms with Crippen molar-refractivity contribution in [2.75, 3.05) is 33.7 Å². The molecule has 4 nitrogen and oxygen atoms in total. The monoisotopic (exact) mass is 275 g/mol. The van der Waals surface area contributed by atoms with Gasteiger partial charge in [-0.05, 0) is 26.1 Å². The second-order valence-corrected chi connectivity index (χ2v) is 5.83. The molecule has 1 saturated heterocycles. The molecule has 0 bridgehead atoms. The van der Waals surface area contributed by atoms with Crippen molar-refractivity contribution < 1.29 is 4.79 Å². The van der Waals surface area contributed by atoms with Crippen molar-refractivity contribution in [3.63, 3.8) is 0 Å². The molecule has 1 N–H and O–H groups in total. The van der Waals surface area contributed by atoms with Crippen LogP contribution in [0.2, 0.25) is 0 Å². The van der Waals surface area contributed by atoms with Crippen LogP contribution in [0.1, 0.15) is 18.4 Å². The van der Waals surface area contributed by atoms with Crippen LogP contribution in [0.15, 0.2) is 30.3 Å². The van der Waals surface area contributed by atoms with Crippen LogP contribution in [0.5, 0.6) is 0 Å². The van der Waals surface area contributed by atoms with Crippen LogP contribution in [0, 0.1) is 0 Å². The second kappa shape index (κ2) is 7.41. The predicted octanol–water partition coefficient (Wildman–Crippen LogP) is 1.33. The van der Waals surface area contributed by atoms with Crippen LogP contribution in [0.25, 0.3) is 0 Å². The van der Waals surface area contributed by atoms with Crippen molar-refractivity contribution in [1.29, 1.82) is 0 Å². The van der Waals surface area contributed by atoms with Gasteiger partial charge in [0.1, 0.15) is 0 Å². The maximum absolute atomic E-state index is 11.3. The largest absolute Gasteiger partial charge is 0.352 e. The van der Waals surface area contributed by atoms with Gasteiger partial charge < -0.3 is 10.2 Å². The van der Waals surface area contributed by atoms with Crippen molar-refractivity contribution in [3.05, 3.63) is 35.9 Å². The van der Waals surface area contributed by atoms with E-state index in [-0.39, 0.29) is 5.91 Å². The fraction of sp³-hybridized carbons (Fsp3) is 0.562. The van der Waals surface area contributed by atoms with E-state index in [1.54, 1.807) is 0 Å². The fourth-order valence-electron chi connectivity index (χ4n) is 2.54. The van der Waals surface area contributed by atoms with E-state index in [2.05, 4.69) is 53.5 Å². The summed E-state index contributed by atoms with van der Waals surface area (Å²) in [5.74, 6) is 0.197. The molecular weight excluding hydrogens is 250 g/mol. The van der Waals surface area contributed by atoms with Gasteiger partial charge in [0, 0.05) is 38.6 Å². The summed E-state index contributed by atoms with van der Waals surface area (Å²) in [5.41, 5.74) is 1.33. The number of hydrogen-bond donors (Lipinski definition) is 1. The number of hydrogen-bond acceptors (Lipinski definition) is 3. The zero-order valence-corrected chi connectivity index (χ0v) is 12.5. The van der Waals surface area contributed by atoms with Crippen LogP contribution in [0.3, 0.4) is 0 Å². The lowest BCUT2D eigenvalue weighted by Gasteiger charge is -2.27. The maximum atomic E-state index is 11.3. The first-order valence-electron chi connectivity index (χ1n) is 7.34. The molecule has 1 aromatic rings. The Bertz CT molecular complexity index is 419. The minimum absolute atomic E-state index is 0.197. The first-order valence-corrected chi connectivity index (χ1v) is 7.34. The average Bonchev–Trinajstić information content (AvgIpc) is 2.82. The molecule has 1 aromatic carbocycles. The van der Waals surface area contributed by atoms with E-state index in [1.807, 2.05) is 6.07 Å². The molecule has 1 amide bonds. The molecule has 110 valence electrons. The third kappa shape index (κ3) is 4.94. The Morgan fingerprint density at radius 3 is 2.55 bits per heavy atom. The third-order valence-electron chi connectivity index (χ3n) is 3.68. The van der Waals surface area contributed by atoms with E-state index in [0.717, 1.165) is 32.6 Å². The lowest BCUT2D eigenvalue weighted by molar-refractivity contribution is -0.119. The third-order valence-corrected chi connectivity index (χ3v) is 3.68.